The van der Waals surface area contributed by atoms with Crippen molar-refractivity contribution in [1.29, 1.82) is 0 Å². The molecular weight excluding hydrogens is 216 g/mol. The van der Waals surface area contributed by atoms with Crippen LogP contribution in [-0.2, 0) is 6.61 Å². The number of aliphatic hydroxyl groups is 1. The van der Waals surface area contributed by atoms with Gasteiger partial charge in [-0.15, -0.1) is 0 Å². The van der Waals surface area contributed by atoms with Crippen molar-refractivity contribution in [3.8, 4) is 11.5 Å². The van der Waals surface area contributed by atoms with Gasteiger partial charge in [0.25, 0.3) is 0 Å². The highest BCUT2D eigenvalue weighted by Gasteiger charge is 2.16. The maximum absolute atomic E-state index is 9.47. The minimum atomic E-state index is -0.0593. The average molecular weight is 232 g/mol. The predicted octanol–water partition coefficient (Wildman–Crippen LogP) is 2.66. The van der Waals surface area contributed by atoms with Crippen LogP contribution in [-0.4, -0.2) is 19.3 Å². The van der Waals surface area contributed by atoms with Crippen molar-refractivity contribution in [2.75, 3.05) is 14.2 Å². The molecule has 0 radical (unpaired) electrons. The third-order valence-electron chi connectivity index (χ3n) is 3.05. The first kappa shape index (κ1) is 11.7. The van der Waals surface area contributed by atoms with Crippen LogP contribution in [0.1, 0.15) is 11.1 Å². The van der Waals surface area contributed by atoms with Gasteiger partial charge in [-0.2, -0.15) is 0 Å². The summed E-state index contributed by atoms with van der Waals surface area (Å²) in [4.78, 5) is 0. The van der Waals surface area contributed by atoms with Crippen molar-refractivity contribution in [2.24, 2.45) is 0 Å². The highest BCUT2D eigenvalue weighted by molar-refractivity contribution is 5.96. The number of hydrogen-bond donors (Lipinski definition) is 1. The summed E-state index contributed by atoms with van der Waals surface area (Å²) in [5.74, 6) is 1.52. The van der Waals surface area contributed by atoms with Crippen LogP contribution in [0, 0.1) is 6.92 Å². The Labute approximate surface area is 101 Å². The zero-order chi connectivity index (χ0) is 12.4. The summed E-state index contributed by atoms with van der Waals surface area (Å²) in [6.07, 6.45) is 0. The number of fused-ring (bicyclic) bond motifs is 1. The van der Waals surface area contributed by atoms with Gasteiger partial charge in [0.15, 0.2) is 0 Å². The molecule has 0 aromatic heterocycles. The second-order valence-corrected chi connectivity index (χ2v) is 3.87. The fraction of sp³-hybridized carbons (Fsp3) is 0.286. The van der Waals surface area contributed by atoms with E-state index in [2.05, 4.69) is 0 Å². The molecule has 0 spiro atoms. The first-order chi connectivity index (χ1) is 8.24. The molecule has 0 saturated heterocycles. The van der Waals surface area contributed by atoms with Gasteiger partial charge in [-0.1, -0.05) is 24.3 Å². The van der Waals surface area contributed by atoms with Crippen LogP contribution in [0.15, 0.2) is 24.3 Å². The summed E-state index contributed by atoms with van der Waals surface area (Å²) in [5, 5.41) is 11.4. The Morgan fingerprint density at radius 3 is 2.00 bits per heavy atom. The van der Waals surface area contributed by atoms with Crippen LogP contribution < -0.4 is 9.47 Å². The van der Waals surface area contributed by atoms with Crippen LogP contribution in [0.2, 0.25) is 0 Å². The Hall–Kier alpha value is -1.74. The molecule has 17 heavy (non-hydrogen) atoms. The van der Waals surface area contributed by atoms with Crippen molar-refractivity contribution in [1.82, 2.24) is 0 Å². The van der Waals surface area contributed by atoms with Crippen molar-refractivity contribution in [3.05, 3.63) is 35.4 Å². The van der Waals surface area contributed by atoms with Gasteiger partial charge >= 0.3 is 0 Å². The molecule has 3 heteroatoms. The molecule has 0 aliphatic heterocycles. The SMILES string of the molecule is COc1c(C)c(CO)c(OC)c2ccccc12. The lowest BCUT2D eigenvalue weighted by molar-refractivity contribution is 0.272. The standard InChI is InChI=1S/C14H16O3/c1-9-12(8-15)14(17-3)11-7-5-4-6-10(11)13(9)16-2/h4-7,15H,8H2,1-3H3. The number of aliphatic hydroxyl groups excluding tert-OH is 1. The van der Waals surface area contributed by atoms with Crippen molar-refractivity contribution in [2.45, 2.75) is 13.5 Å². The normalized spacial score (nSPS) is 10.6. The molecule has 0 saturated carbocycles. The van der Waals surface area contributed by atoms with Crippen molar-refractivity contribution in [3.63, 3.8) is 0 Å². The largest absolute Gasteiger partial charge is 0.496 e. The summed E-state index contributed by atoms with van der Waals surface area (Å²) < 4.78 is 10.8. The monoisotopic (exact) mass is 232 g/mol. The molecule has 0 amide bonds. The lowest BCUT2D eigenvalue weighted by atomic mass is 9.99. The van der Waals surface area contributed by atoms with Gasteiger partial charge < -0.3 is 14.6 Å². The van der Waals surface area contributed by atoms with E-state index in [1.807, 2.05) is 31.2 Å². The van der Waals surface area contributed by atoms with Gasteiger partial charge in [0, 0.05) is 21.9 Å². The maximum Gasteiger partial charge on any atom is 0.132 e. The number of hydrogen-bond acceptors (Lipinski definition) is 3. The molecule has 0 fully saturated rings. The van der Waals surface area contributed by atoms with Crippen LogP contribution in [0.5, 0.6) is 11.5 Å². The molecule has 2 aromatic rings. The minimum absolute atomic E-state index is 0.0593. The molecule has 90 valence electrons. The number of benzene rings is 2. The third kappa shape index (κ3) is 1.72. The lowest BCUT2D eigenvalue weighted by Crippen LogP contribution is -2.00. The Morgan fingerprint density at radius 2 is 1.53 bits per heavy atom. The quantitative estimate of drug-likeness (QED) is 0.884. The van der Waals surface area contributed by atoms with Gasteiger partial charge in [-0.05, 0) is 6.92 Å². The zero-order valence-corrected chi connectivity index (χ0v) is 10.3. The topological polar surface area (TPSA) is 38.7 Å². The minimum Gasteiger partial charge on any atom is -0.496 e. The molecule has 0 unspecified atom stereocenters. The van der Waals surface area contributed by atoms with Gasteiger partial charge in [-0.25, -0.2) is 0 Å². The molecule has 1 N–H and O–H groups in total. The van der Waals surface area contributed by atoms with E-state index in [1.165, 1.54) is 0 Å². The second kappa shape index (κ2) is 4.63. The summed E-state index contributed by atoms with van der Waals surface area (Å²) in [6, 6.07) is 7.86. The molecule has 0 bridgehead atoms. The van der Waals surface area contributed by atoms with Crippen LogP contribution in [0.3, 0.4) is 0 Å². The van der Waals surface area contributed by atoms with Crippen LogP contribution in [0.25, 0.3) is 10.8 Å². The van der Waals surface area contributed by atoms with Gasteiger partial charge in [0.2, 0.25) is 0 Å². The predicted molar refractivity (Wildman–Crippen MR) is 67.7 cm³/mol. The Balaban J connectivity index is 2.93. The van der Waals surface area contributed by atoms with E-state index in [0.717, 1.165) is 33.4 Å². The van der Waals surface area contributed by atoms with Crippen molar-refractivity contribution < 1.29 is 14.6 Å². The molecule has 3 nitrogen and oxygen atoms in total. The number of methoxy groups -OCH3 is 2. The summed E-state index contributed by atoms with van der Waals surface area (Å²) >= 11 is 0. The van der Waals surface area contributed by atoms with E-state index in [0.29, 0.717) is 0 Å². The molecule has 2 rings (SSSR count). The summed E-state index contributed by atoms with van der Waals surface area (Å²) in [7, 11) is 3.26. The maximum atomic E-state index is 9.47. The molecule has 0 aliphatic carbocycles. The van der Waals surface area contributed by atoms with Crippen molar-refractivity contribution >= 4 is 10.8 Å². The molecule has 0 aliphatic rings. The molecule has 0 heterocycles. The Morgan fingerprint density at radius 1 is 1.00 bits per heavy atom. The number of ether oxygens (including phenoxy) is 2. The lowest BCUT2D eigenvalue weighted by Gasteiger charge is -2.17. The van der Waals surface area contributed by atoms with E-state index in [1.54, 1.807) is 14.2 Å². The van der Waals surface area contributed by atoms with E-state index in [-0.39, 0.29) is 6.61 Å². The van der Waals surface area contributed by atoms with Gasteiger partial charge in [0.05, 0.1) is 20.8 Å². The Kier molecular flexibility index (Phi) is 3.20. The zero-order valence-electron chi connectivity index (χ0n) is 10.3. The van der Waals surface area contributed by atoms with E-state index < -0.39 is 0 Å². The first-order valence-electron chi connectivity index (χ1n) is 5.47. The fourth-order valence-electron chi connectivity index (χ4n) is 2.24. The molecule has 0 atom stereocenters. The average Bonchev–Trinajstić information content (AvgIpc) is 2.37. The van der Waals surface area contributed by atoms with Gasteiger partial charge in [-0.3, -0.25) is 0 Å². The van der Waals surface area contributed by atoms with Crippen LogP contribution >= 0.6 is 0 Å². The van der Waals surface area contributed by atoms with Crippen LogP contribution in [0.4, 0.5) is 0 Å². The highest BCUT2D eigenvalue weighted by Crippen LogP contribution is 2.40. The molecular formula is C14H16O3. The second-order valence-electron chi connectivity index (χ2n) is 3.87. The first-order valence-corrected chi connectivity index (χ1v) is 5.47. The third-order valence-corrected chi connectivity index (χ3v) is 3.05. The fourth-order valence-corrected chi connectivity index (χ4v) is 2.24. The summed E-state index contributed by atoms with van der Waals surface area (Å²) in [6.45, 7) is 1.87. The van der Waals surface area contributed by atoms with E-state index in [9.17, 15) is 5.11 Å². The Bertz CT molecular complexity index is 547. The van der Waals surface area contributed by atoms with E-state index in [4.69, 9.17) is 9.47 Å². The van der Waals surface area contributed by atoms with Gasteiger partial charge in [0.1, 0.15) is 11.5 Å². The summed E-state index contributed by atoms with van der Waals surface area (Å²) in [5.41, 5.74) is 1.70. The van der Waals surface area contributed by atoms with E-state index >= 15 is 0 Å². The number of rotatable bonds is 3. The highest BCUT2D eigenvalue weighted by atomic mass is 16.5. The molecule has 2 aromatic carbocycles. The smallest absolute Gasteiger partial charge is 0.132 e.